The minimum atomic E-state index is 0.174. The van der Waals surface area contributed by atoms with Crippen LogP contribution in [0.25, 0.3) is 0 Å². The Balaban J connectivity index is 1.28. The SMILES string of the molecule is CC(=O)N(Cc1ccsc1)C1CC12CCN(CC(=O)N1CCOCC1)CC2. The average Bonchev–Trinajstić information content (AvgIpc) is 3.11. The number of hydrogen-bond acceptors (Lipinski definition) is 5. The highest BCUT2D eigenvalue weighted by atomic mass is 32.1. The summed E-state index contributed by atoms with van der Waals surface area (Å²) in [4.78, 5) is 31.0. The topological polar surface area (TPSA) is 53.1 Å². The van der Waals surface area contributed by atoms with Crippen LogP contribution < -0.4 is 0 Å². The van der Waals surface area contributed by atoms with Crippen molar-refractivity contribution in [2.75, 3.05) is 45.9 Å². The van der Waals surface area contributed by atoms with E-state index in [1.54, 1.807) is 18.3 Å². The summed E-state index contributed by atoms with van der Waals surface area (Å²) in [6, 6.07) is 2.47. The third-order valence-electron chi connectivity index (χ3n) is 6.43. The molecule has 0 N–H and O–H groups in total. The van der Waals surface area contributed by atoms with E-state index in [0.29, 0.717) is 25.8 Å². The zero-order valence-corrected chi connectivity index (χ0v) is 16.9. The van der Waals surface area contributed by atoms with Crippen molar-refractivity contribution in [1.29, 1.82) is 0 Å². The predicted octanol–water partition coefficient (Wildman–Crippen LogP) is 1.81. The Morgan fingerprint density at radius 3 is 2.63 bits per heavy atom. The monoisotopic (exact) mass is 391 g/mol. The molecule has 0 aromatic carbocycles. The molecule has 0 bridgehead atoms. The highest BCUT2D eigenvalue weighted by Crippen LogP contribution is 2.57. The number of thiophene rings is 1. The number of piperidine rings is 1. The quantitative estimate of drug-likeness (QED) is 0.768. The molecule has 1 saturated carbocycles. The van der Waals surface area contributed by atoms with Gasteiger partial charge in [-0.3, -0.25) is 14.5 Å². The van der Waals surface area contributed by atoms with Crippen molar-refractivity contribution in [3.8, 4) is 0 Å². The van der Waals surface area contributed by atoms with Gasteiger partial charge in [-0.25, -0.2) is 0 Å². The number of morpholine rings is 1. The van der Waals surface area contributed by atoms with Crippen LogP contribution in [-0.4, -0.2) is 78.5 Å². The molecule has 148 valence electrons. The van der Waals surface area contributed by atoms with E-state index in [0.717, 1.165) is 52.0 Å². The van der Waals surface area contributed by atoms with Crippen LogP contribution in [0.2, 0.25) is 0 Å². The van der Waals surface area contributed by atoms with Gasteiger partial charge in [0.2, 0.25) is 11.8 Å². The van der Waals surface area contributed by atoms with Crippen molar-refractivity contribution in [2.24, 2.45) is 5.41 Å². The second-order valence-electron chi connectivity index (χ2n) is 8.13. The van der Waals surface area contributed by atoms with Crippen LogP contribution in [0.1, 0.15) is 31.7 Å². The van der Waals surface area contributed by atoms with Crippen LogP contribution in [0.5, 0.6) is 0 Å². The Morgan fingerprint density at radius 2 is 2.00 bits per heavy atom. The van der Waals surface area contributed by atoms with Crippen molar-refractivity contribution in [3.63, 3.8) is 0 Å². The Morgan fingerprint density at radius 1 is 1.26 bits per heavy atom. The van der Waals surface area contributed by atoms with E-state index < -0.39 is 0 Å². The Bertz CT molecular complexity index is 664. The number of likely N-dealkylation sites (tertiary alicyclic amines) is 1. The fourth-order valence-electron chi connectivity index (χ4n) is 4.59. The van der Waals surface area contributed by atoms with E-state index in [4.69, 9.17) is 4.74 Å². The van der Waals surface area contributed by atoms with Crippen LogP contribution >= 0.6 is 11.3 Å². The molecule has 1 spiro atoms. The molecule has 1 atom stereocenters. The standard InChI is InChI=1S/C20H29N3O3S/c1-16(24)23(13-17-2-11-27-15-17)18-12-20(18)3-5-21(6-4-20)14-19(25)22-7-9-26-10-8-22/h2,11,15,18H,3-10,12-14H2,1H3. The van der Waals surface area contributed by atoms with Crippen molar-refractivity contribution < 1.29 is 14.3 Å². The molecule has 0 radical (unpaired) electrons. The van der Waals surface area contributed by atoms with Gasteiger partial charge >= 0.3 is 0 Å². The third-order valence-corrected chi connectivity index (χ3v) is 7.17. The number of ether oxygens (including phenoxy) is 1. The lowest BCUT2D eigenvalue weighted by atomic mass is 9.92. The van der Waals surface area contributed by atoms with Crippen LogP contribution in [0.4, 0.5) is 0 Å². The van der Waals surface area contributed by atoms with Crippen molar-refractivity contribution in [2.45, 2.75) is 38.8 Å². The summed E-state index contributed by atoms with van der Waals surface area (Å²) in [6.45, 7) is 7.59. The first-order valence-electron chi connectivity index (χ1n) is 9.94. The molecule has 6 nitrogen and oxygen atoms in total. The van der Waals surface area contributed by atoms with E-state index in [1.807, 2.05) is 4.90 Å². The van der Waals surface area contributed by atoms with Crippen LogP contribution in [0.15, 0.2) is 16.8 Å². The van der Waals surface area contributed by atoms with Gasteiger partial charge in [-0.05, 0) is 60.2 Å². The zero-order valence-electron chi connectivity index (χ0n) is 16.1. The second kappa shape index (κ2) is 7.89. The highest BCUT2D eigenvalue weighted by Gasteiger charge is 2.58. The largest absolute Gasteiger partial charge is 0.378 e. The highest BCUT2D eigenvalue weighted by molar-refractivity contribution is 7.07. The van der Waals surface area contributed by atoms with Crippen molar-refractivity contribution >= 4 is 23.2 Å². The van der Waals surface area contributed by atoms with Gasteiger partial charge in [-0.2, -0.15) is 11.3 Å². The average molecular weight is 392 g/mol. The second-order valence-corrected chi connectivity index (χ2v) is 8.91. The summed E-state index contributed by atoms with van der Waals surface area (Å²) < 4.78 is 5.33. The van der Waals surface area contributed by atoms with Gasteiger partial charge in [0.05, 0.1) is 19.8 Å². The molecule has 3 fully saturated rings. The summed E-state index contributed by atoms with van der Waals surface area (Å²) in [5.41, 5.74) is 1.51. The first-order chi connectivity index (χ1) is 13.1. The molecule has 1 unspecified atom stereocenters. The van der Waals surface area contributed by atoms with E-state index >= 15 is 0 Å². The molecule has 1 aromatic rings. The van der Waals surface area contributed by atoms with Gasteiger partial charge in [0, 0.05) is 32.6 Å². The van der Waals surface area contributed by atoms with Gasteiger partial charge < -0.3 is 14.5 Å². The minimum absolute atomic E-state index is 0.174. The van der Waals surface area contributed by atoms with Crippen molar-refractivity contribution in [3.05, 3.63) is 22.4 Å². The summed E-state index contributed by atoms with van der Waals surface area (Å²) in [5, 5.41) is 4.20. The summed E-state index contributed by atoms with van der Waals surface area (Å²) in [5.74, 6) is 0.400. The van der Waals surface area contributed by atoms with E-state index in [1.165, 1.54) is 5.56 Å². The zero-order chi connectivity index (χ0) is 18.9. The van der Waals surface area contributed by atoms with Crippen LogP contribution in [0.3, 0.4) is 0 Å². The number of carbonyl (C=O) groups is 2. The molecule has 1 aliphatic carbocycles. The number of hydrogen-bond donors (Lipinski definition) is 0. The van der Waals surface area contributed by atoms with Gasteiger partial charge in [-0.1, -0.05) is 0 Å². The lowest BCUT2D eigenvalue weighted by Gasteiger charge is -2.36. The molecule has 2 aliphatic heterocycles. The maximum Gasteiger partial charge on any atom is 0.236 e. The molecule has 3 aliphatic rings. The van der Waals surface area contributed by atoms with E-state index in [9.17, 15) is 9.59 Å². The van der Waals surface area contributed by atoms with Gasteiger partial charge in [0.25, 0.3) is 0 Å². The van der Waals surface area contributed by atoms with Crippen LogP contribution in [-0.2, 0) is 20.9 Å². The first-order valence-corrected chi connectivity index (χ1v) is 10.9. The molecule has 4 rings (SSSR count). The maximum atomic E-state index is 12.5. The molecule has 2 amide bonds. The number of nitrogens with zero attached hydrogens (tertiary/aromatic N) is 3. The Kier molecular flexibility index (Phi) is 5.53. The Labute approximate surface area is 165 Å². The number of rotatable bonds is 5. The van der Waals surface area contributed by atoms with Crippen LogP contribution in [0, 0.1) is 5.41 Å². The fraction of sp³-hybridized carbons (Fsp3) is 0.700. The molecule has 1 aromatic heterocycles. The fourth-order valence-corrected chi connectivity index (χ4v) is 5.24. The molecular weight excluding hydrogens is 362 g/mol. The normalized spacial score (nSPS) is 24.8. The van der Waals surface area contributed by atoms with Gasteiger partial charge in [-0.15, -0.1) is 0 Å². The predicted molar refractivity (Wildman–Crippen MR) is 104 cm³/mol. The Hall–Kier alpha value is -1.44. The first kappa shape index (κ1) is 18.9. The minimum Gasteiger partial charge on any atom is -0.378 e. The van der Waals surface area contributed by atoms with E-state index in [-0.39, 0.29) is 17.2 Å². The van der Waals surface area contributed by atoms with Gasteiger partial charge in [0.15, 0.2) is 0 Å². The maximum absolute atomic E-state index is 12.5. The smallest absolute Gasteiger partial charge is 0.236 e. The number of amides is 2. The summed E-state index contributed by atoms with van der Waals surface area (Å²) >= 11 is 1.68. The molecule has 3 heterocycles. The lowest BCUT2D eigenvalue weighted by molar-refractivity contribution is -0.136. The summed E-state index contributed by atoms with van der Waals surface area (Å²) in [7, 11) is 0. The molecule has 2 saturated heterocycles. The van der Waals surface area contributed by atoms with Crippen molar-refractivity contribution in [1.82, 2.24) is 14.7 Å². The molecule has 7 heteroatoms. The number of carbonyl (C=O) groups excluding carboxylic acids is 2. The molecule has 27 heavy (non-hydrogen) atoms. The lowest BCUT2D eigenvalue weighted by Crippen LogP contribution is -2.48. The molecular formula is C20H29N3O3S. The third kappa shape index (κ3) is 4.20. The van der Waals surface area contributed by atoms with E-state index in [2.05, 4.69) is 26.6 Å². The summed E-state index contributed by atoms with van der Waals surface area (Å²) in [6.07, 6.45) is 3.28. The van der Waals surface area contributed by atoms with Gasteiger partial charge in [0.1, 0.15) is 0 Å².